The van der Waals surface area contributed by atoms with Gasteiger partial charge in [-0.2, -0.15) is 0 Å². The van der Waals surface area contributed by atoms with E-state index in [0.717, 1.165) is 31.0 Å². The van der Waals surface area contributed by atoms with Crippen LogP contribution in [-0.2, 0) is 6.54 Å². The first-order chi connectivity index (χ1) is 7.20. The fourth-order valence-electron chi connectivity index (χ4n) is 2.37. The van der Waals surface area contributed by atoms with Gasteiger partial charge in [-0.05, 0) is 39.3 Å². The summed E-state index contributed by atoms with van der Waals surface area (Å²) in [6.07, 6.45) is 2.31. The molecule has 1 atom stereocenters. The molecule has 0 aromatic carbocycles. The Labute approximate surface area is 90.7 Å². The van der Waals surface area contributed by atoms with Crippen molar-refractivity contribution in [2.45, 2.75) is 39.3 Å². The van der Waals surface area contributed by atoms with Gasteiger partial charge in [-0.25, -0.2) is 0 Å². The number of hydrogen-bond donors (Lipinski definition) is 1. The smallest absolute Gasteiger partial charge is 0.105 e. The minimum atomic E-state index is 0.274. The standard InChI is InChI=1S/C12H19NO2/c1-9-6-11(10(2)15-9)7-13-5-3-4-12(13)8-14/h6,12,14H,3-5,7-8H2,1-2H3. The maximum absolute atomic E-state index is 9.22. The zero-order valence-corrected chi connectivity index (χ0v) is 9.49. The normalized spacial score (nSPS) is 22.5. The Bertz CT molecular complexity index is 332. The summed E-state index contributed by atoms with van der Waals surface area (Å²) in [4.78, 5) is 2.34. The van der Waals surface area contributed by atoms with Crippen molar-refractivity contribution >= 4 is 0 Å². The van der Waals surface area contributed by atoms with E-state index in [2.05, 4.69) is 11.0 Å². The van der Waals surface area contributed by atoms with Crippen LogP contribution in [0.15, 0.2) is 10.5 Å². The summed E-state index contributed by atoms with van der Waals surface area (Å²) < 4.78 is 5.50. The minimum Gasteiger partial charge on any atom is -0.466 e. The summed E-state index contributed by atoms with van der Waals surface area (Å²) in [7, 11) is 0. The molecule has 2 heterocycles. The largest absolute Gasteiger partial charge is 0.466 e. The van der Waals surface area contributed by atoms with E-state index in [0.29, 0.717) is 6.04 Å². The van der Waals surface area contributed by atoms with Crippen molar-refractivity contribution in [2.24, 2.45) is 0 Å². The van der Waals surface area contributed by atoms with Crippen LogP contribution < -0.4 is 0 Å². The van der Waals surface area contributed by atoms with Gasteiger partial charge in [0.05, 0.1) is 6.61 Å². The summed E-state index contributed by atoms with van der Waals surface area (Å²) in [5.41, 5.74) is 1.26. The van der Waals surface area contributed by atoms with Crippen LogP contribution in [0.4, 0.5) is 0 Å². The molecule has 3 heteroatoms. The van der Waals surface area contributed by atoms with Gasteiger partial charge in [0.25, 0.3) is 0 Å². The van der Waals surface area contributed by atoms with E-state index in [9.17, 15) is 5.11 Å². The first kappa shape index (κ1) is 10.7. The van der Waals surface area contributed by atoms with Gasteiger partial charge >= 0.3 is 0 Å². The second kappa shape index (κ2) is 4.37. The Balaban J connectivity index is 2.05. The number of nitrogens with zero attached hydrogens (tertiary/aromatic N) is 1. The molecule has 15 heavy (non-hydrogen) atoms. The van der Waals surface area contributed by atoms with E-state index in [1.54, 1.807) is 0 Å². The molecule has 0 amide bonds. The molecule has 1 aliphatic heterocycles. The molecular formula is C12H19NO2. The fraction of sp³-hybridized carbons (Fsp3) is 0.667. The second-order valence-electron chi connectivity index (χ2n) is 4.39. The minimum absolute atomic E-state index is 0.274. The van der Waals surface area contributed by atoms with Crippen LogP contribution in [-0.4, -0.2) is 29.2 Å². The Morgan fingerprint density at radius 1 is 1.53 bits per heavy atom. The van der Waals surface area contributed by atoms with Crippen molar-refractivity contribution in [3.05, 3.63) is 23.2 Å². The maximum Gasteiger partial charge on any atom is 0.105 e. The molecule has 1 aliphatic rings. The van der Waals surface area contributed by atoms with Gasteiger partial charge in [0, 0.05) is 18.2 Å². The zero-order valence-electron chi connectivity index (χ0n) is 9.49. The number of aliphatic hydroxyl groups excluding tert-OH is 1. The highest BCUT2D eigenvalue weighted by Gasteiger charge is 2.24. The molecule has 2 rings (SSSR count). The molecule has 1 saturated heterocycles. The second-order valence-corrected chi connectivity index (χ2v) is 4.39. The number of hydrogen-bond acceptors (Lipinski definition) is 3. The lowest BCUT2D eigenvalue weighted by molar-refractivity contribution is 0.153. The van der Waals surface area contributed by atoms with Crippen LogP contribution in [0.5, 0.6) is 0 Å². The fourth-order valence-corrected chi connectivity index (χ4v) is 2.37. The molecule has 3 nitrogen and oxygen atoms in total. The van der Waals surface area contributed by atoms with Crippen LogP contribution in [0.2, 0.25) is 0 Å². The van der Waals surface area contributed by atoms with Crippen LogP contribution in [0.3, 0.4) is 0 Å². The molecule has 0 bridgehead atoms. The Hall–Kier alpha value is -0.800. The third-order valence-electron chi connectivity index (χ3n) is 3.23. The van der Waals surface area contributed by atoms with Crippen molar-refractivity contribution in [3.8, 4) is 0 Å². The molecule has 1 aromatic heterocycles. The number of furan rings is 1. The van der Waals surface area contributed by atoms with Gasteiger partial charge in [0.1, 0.15) is 11.5 Å². The molecular weight excluding hydrogens is 190 g/mol. The molecule has 0 radical (unpaired) electrons. The van der Waals surface area contributed by atoms with Gasteiger partial charge in [-0.3, -0.25) is 4.90 Å². The number of rotatable bonds is 3. The van der Waals surface area contributed by atoms with Crippen molar-refractivity contribution < 1.29 is 9.52 Å². The van der Waals surface area contributed by atoms with Gasteiger partial charge in [0.15, 0.2) is 0 Å². The van der Waals surface area contributed by atoms with Gasteiger partial charge in [-0.15, -0.1) is 0 Å². The summed E-state index contributed by atoms with van der Waals surface area (Å²) >= 11 is 0. The molecule has 84 valence electrons. The van der Waals surface area contributed by atoms with E-state index in [1.807, 2.05) is 13.8 Å². The van der Waals surface area contributed by atoms with Crippen LogP contribution in [0, 0.1) is 13.8 Å². The average molecular weight is 209 g/mol. The predicted molar refractivity (Wildman–Crippen MR) is 58.7 cm³/mol. The highest BCUT2D eigenvalue weighted by atomic mass is 16.3. The first-order valence-electron chi connectivity index (χ1n) is 5.61. The molecule has 0 saturated carbocycles. The highest BCUT2D eigenvalue weighted by Crippen LogP contribution is 2.22. The SMILES string of the molecule is Cc1cc(CN2CCCC2CO)c(C)o1. The molecule has 1 fully saturated rings. The third kappa shape index (κ3) is 2.24. The van der Waals surface area contributed by atoms with Crippen molar-refractivity contribution in [2.75, 3.05) is 13.2 Å². The molecule has 1 aromatic rings. The highest BCUT2D eigenvalue weighted by molar-refractivity contribution is 5.20. The molecule has 1 N–H and O–H groups in total. The lowest BCUT2D eigenvalue weighted by Crippen LogP contribution is -2.31. The third-order valence-corrected chi connectivity index (χ3v) is 3.23. The first-order valence-corrected chi connectivity index (χ1v) is 5.61. The lowest BCUT2D eigenvalue weighted by Gasteiger charge is -2.22. The average Bonchev–Trinajstić information content (AvgIpc) is 2.74. The maximum atomic E-state index is 9.22. The monoisotopic (exact) mass is 209 g/mol. The van der Waals surface area contributed by atoms with Crippen molar-refractivity contribution in [1.82, 2.24) is 4.90 Å². The zero-order chi connectivity index (χ0) is 10.8. The van der Waals surface area contributed by atoms with E-state index in [4.69, 9.17) is 4.42 Å². The predicted octanol–water partition coefficient (Wildman–Crippen LogP) is 1.85. The van der Waals surface area contributed by atoms with Gasteiger partial charge in [-0.1, -0.05) is 0 Å². The topological polar surface area (TPSA) is 36.6 Å². The van der Waals surface area contributed by atoms with Crippen LogP contribution in [0.25, 0.3) is 0 Å². The summed E-state index contributed by atoms with van der Waals surface area (Å²) in [5.74, 6) is 1.98. The number of likely N-dealkylation sites (tertiary alicyclic amines) is 1. The molecule has 0 aliphatic carbocycles. The Morgan fingerprint density at radius 2 is 2.33 bits per heavy atom. The molecule has 0 spiro atoms. The van der Waals surface area contributed by atoms with E-state index >= 15 is 0 Å². The van der Waals surface area contributed by atoms with Crippen molar-refractivity contribution in [3.63, 3.8) is 0 Å². The lowest BCUT2D eigenvalue weighted by atomic mass is 10.2. The number of aliphatic hydroxyl groups is 1. The van der Waals surface area contributed by atoms with Crippen LogP contribution in [0.1, 0.15) is 29.9 Å². The van der Waals surface area contributed by atoms with E-state index < -0.39 is 0 Å². The molecule has 1 unspecified atom stereocenters. The van der Waals surface area contributed by atoms with E-state index in [1.165, 1.54) is 12.0 Å². The summed E-state index contributed by atoms with van der Waals surface area (Å²) in [5, 5.41) is 9.22. The van der Waals surface area contributed by atoms with E-state index in [-0.39, 0.29) is 6.61 Å². The summed E-state index contributed by atoms with van der Waals surface area (Å²) in [6.45, 7) is 6.26. The Morgan fingerprint density at radius 3 is 2.93 bits per heavy atom. The van der Waals surface area contributed by atoms with Crippen molar-refractivity contribution in [1.29, 1.82) is 0 Å². The van der Waals surface area contributed by atoms with Gasteiger partial charge in [0.2, 0.25) is 0 Å². The Kier molecular flexibility index (Phi) is 3.12. The summed E-state index contributed by atoms with van der Waals surface area (Å²) in [6, 6.07) is 2.45. The number of aryl methyl sites for hydroxylation is 2. The quantitative estimate of drug-likeness (QED) is 0.825. The van der Waals surface area contributed by atoms with Gasteiger partial charge < -0.3 is 9.52 Å². The van der Waals surface area contributed by atoms with Crippen LogP contribution >= 0.6 is 0 Å².